The third-order valence-corrected chi connectivity index (χ3v) is 4.22. The molecule has 0 saturated carbocycles. The molecular weight excluding hydrogens is 337 g/mol. The Labute approximate surface area is 129 Å². The van der Waals surface area contributed by atoms with Gasteiger partial charge in [-0.05, 0) is 54.3 Å². The lowest BCUT2D eigenvalue weighted by atomic mass is 10.1. The highest BCUT2D eigenvalue weighted by atomic mass is 79.9. The summed E-state index contributed by atoms with van der Waals surface area (Å²) < 4.78 is 14.9. The molecule has 0 aliphatic heterocycles. The minimum absolute atomic E-state index is 0.00615. The molecule has 3 rings (SSSR count). The number of benzene rings is 2. The molecule has 1 unspecified atom stereocenters. The van der Waals surface area contributed by atoms with Crippen LogP contribution in [0.4, 0.5) is 10.1 Å². The molecule has 2 N–H and O–H groups in total. The lowest BCUT2D eigenvalue weighted by Crippen LogP contribution is -2.09. The molecule has 5 heteroatoms. The van der Waals surface area contributed by atoms with Crippen molar-refractivity contribution < 1.29 is 14.3 Å². The molecule has 0 aromatic heterocycles. The molecule has 0 saturated heterocycles. The summed E-state index contributed by atoms with van der Waals surface area (Å²) >= 11 is 3.44. The zero-order valence-corrected chi connectivity index (χ0v) is 12.7. The molecule has 1 aliphatic carbocycles. The second kappa shape index (κ2) is 5.48. The van der Waals surface area contributed by atoms with Crippen LogP contribution in [0.5, 0.6) is 0 Å². The second-order valence-corrected chi connectivity index (χ2v) is 5.99. The average Bonchev–Trinajstić information content (AvgIpc) is 2.83. The van der Waals surface area contributed by atoms with E-state index in [0.29, 0.717) is 0 Å². The molecule has 0 spiro atoms. The topological polar surface area (TPSA) is 49.3 Å². The molecule has 2 aromatic carbocycles. The van der Waals surface area contributed by atoms with Gasteiger partial charge in [-0.25, -0.2) is 9.18 Å². The molecule has 3 nitrogen and oxygen atoms in total. The van der Waals surface area contributed by atoms with E-state index in [0.717, 1.165) is 22.9 Å². The van der Waals surface area contributed by atoms with Gasteiger partial charge in [0.2, 0.25) is 0 Å². The van der Waals surface area contributed by atoms with Crippen molar-refractivity contribution in [2.24, 2.45) is 0 Å². The van der Waals surface area contributed by atoms with Crippen molar-refractivity contribution in [1.82, 2.24) is 0 Å². The van der Waals surface area contributed by atoms with E-state index in [1.54, 1.807) is 0 Å². The van der Waals surface area contributed by atoms with Crippen molar-refractivity contribution >= 4 is 27.6 Å². The van der Waals surface area contributed by atoms with Gasteiger partial charge in [0.05, 0.1) is 17.3 Å². The molecule has 0 bridgehead atoms. The Morgan fingerprint density at radius 1 is 1.29 bits per heavy atom. The highest BCUT2D eigenvalue weighted by molar-refractivity contribution is 9.10. The minimum Gasteiger partial charge on any atom is -0.478 e. The van der Waals surface area contributed by atoms with Gasteiger partial charge in [0.15, 0.2) is 0 Å². The first-order chi connectivity index (χ1) is 10.0. The van der Waals surface area contributed by atoms with Crippen molar-refractivity contribution in [2.75, 3.05) is 5.32 Å². The number of rotatable bonds is 3. The first-order valence-electron chi connectivity index (χ1n) is 6.62. The fourth-order valence-electron chi connectivity index (χ4n) is 2.69. The smallest absolute Gasteiger partial charge is 0.335 e. The molecule has 108 valence electrons. The van der Waals surface area contributed by atoms with E-state index in [-0.39, 0.29) is 17.3 Å². The molecule has 0 amide bonds. The van der Waals surface area contributed by atoms with E-state index >= 15 is 0 Å². The standard InChI is InChI=1S/C16H13BrFNO2/c17-11-3-4-12-9(7-11)2-6-14(12)19-15-8-10(16(20)21)1-5-13(15)18/h1,3-5,7-8,14,19H,2,6H2,(H,20,21). The Hall–Kier alpha value is -1.88. The zero-order chi connectivity index (χ0) is 15.0. The minimum atomic E-state index is -1.06. The van der Waals surface area contributed by atoms with Crippen LogP contribution in [-0.4, -0.2) is 11.1 Å². The van der Waals surface area contributed by atoms with Gasteiger partial charge < -0.3 is 10.4 Å². The van der Waals surface area contributed by atoms with E-state index in [4.69, 9.17) is 5.11 Å². The molecular formula is C16H13BrFNO2. The number of carboxylic acid groups (broad SMARTS) is 1. The maximum atomic E-state index is 13.9. The van der Waals surface area contributed by atoms with Crippen LogP contribution in [0, 0.1) is 5.82 Å². The predicted octanol–water partition coefficient (Wildman–Crippen LogP) is 4.39. The van der Waals surface area contributed by atoms with Gasteiger partial charge in [-0.1, -0.05) is 22.0 Å². The number of hydrogen-bond acceptors (Lipinski definition) is 2. The number of fused-ring (bicyclic) bond motifs is 1. The maximum Gasteiger partial charge on any atom is 0.335 e. The van der Waals surface area contributed by atoms with Gasteiger partial charge in [0.25, 0.3) is 0 Å². The van der Waals surface area contributed by atoms with Gasteiger partial charge in [-0.3, -0.25) is 0 Å². The lowest BCUT2D eigenvalue weighted by Gasteiger charge is -2.16. The van der Waals surface area contributed by atoms with E-state index < -0.39 is 11.8 Å². The first-order valence-corrected chi connectivity index (χ1v) is 7.41. The Morgan fingerprint density at radius 2 is 2.10 bits per heavy atom. The Bertz CT molecular complexity index is 717. The van der Waals surface area contributed by atoms with E-state index in [2.05, 4.69) is 27.3 Å². The highest BCUT2D eigenvalue weighted by Crippen LogP contribution is 2.36. The summed E-state index contributed by atoms with van der Waals surface area (Å²) in [5, 5.41) is 12.1. The van der Waals surface area contributed by atoms with Crippen molar-refractivity contribution in [2.45, 2.75) is 18.9 Å². The molecule has 0 fully saturated rings. The Kier molecular flexibility index (Phi) is 3.68. The number of carboxylic acids is 1. The van der Waals surface area contributed by atoms with Crippen LogP contribution >= 0.6 is 15.9 Å². The number of aromatic carboxylic acids is 1. The van der Waals surface area contributed by atoms with Crippen molar-refractivity contribution in [3.63, 3.8) is 0 Å². The molecule has 21 heavy (non-hydrogen) atoms. The average molecular weight is 350 g/mol. The normalized spacial score (nSPS) is 16.6. The highest BCUT2D eigenvalue weighted by Gasteiger charge is 2.23. The number of carbonyl (C=O) groups is 1. The van der Waals surface area contributed by atoms with Crippen molar-refractivity contribution in [3.05, 3.63) is 63.4 Å². The second-order valence-electron chi connectivity index (χ2n) is 5.08. The number of nitrogens with one attached hydrogen (secondary N) is 1. The first kappa shape index (κ1) is 14.1. The zero-order valence-electron chi connectivity index (χ0n) is 11.1. The Balaban J connectivity index is 1.89. The maximum absolute atomic E-state index is 13.9. The Morgan fingerprint density at radius 3 is 2.86 bits per heavy atom. The van der Waals surface area contributed by atoms with Crippen LogP contribution in [0.15, 0.2) is 40.9 Å². The van der Waals surface area contributed by atoms with E-state index in [9.17, 15) is 9.18 Å². The third kappa shape index (κ3) is 2.78. The van der Waals surface area contributed by atoms with Gasteiger partial charge >= 0.3 is 5.97 Å². The van der Waals surface area contributed by atoms with Crippen LogP contribution < -0.4 is 5.32 Å². The summed E-state index contributed by atoms with van der Waals surface area (Å²) in [6.45, 7) is 0. The van der Waals surface area contributed by atoms with Crippen LogP contribution in [0.1, 0.15) is 33.9 Å². The van der Waals surface area contributed by atoms with Crippen LogP contribution in [0.25, 0.3) is 0 Å². The SMILES string of the molecule is O=C(O)c1ccc(F)c(NC2CCc3cc(Br)ccc32)c1. The van der Waals surface area contributed by atoms with Crippen molar-refractivity contribution in [3.8, 4) is 0 Å². The van der Waals surface area contributed by atoms with Crippen LogP contribution in [-0.2, 0) is 6.42 Å². The number of halogens is 2. The summed E-state index contributed by atoms with van der Waals surface area (Å²) in [6, 6.07) is 9.85. The van der Waals surface area contributed by atoms with Gasteiger partial charge in [0.1, 0.15) is 5.82 Å². The molecule has 1 atom stereocenters. The molecule has 0 radical (unpaired) electrons. The lowest BCUT2D eigenvalue weighted by molar-refractivity contribution is 0.0697. The van der Waals surface area contributed by atoms with Gasteiger partial charge in [-0.2, -0.15) is 0 Å². The number of hydrogen-bond donors (Lipinski definition) is 2. The van der Waals surface area contributed by atoms with Crippen LogP contribution in [0.2, 0.25) is 0 Å². The largest absolute Gasteiger partial charge is 0.478 e. The summed E-state index contributed by atoms with van der Waals surface area (Å²) in [7, 11) is 0. The fraction of sp³-hybridized carbons (Fsp3) is 0.188. The third-order valence-electron chi connectivity index (χ3n) is 3.73. The van der Waals surface area contributed by atoms with E-state index in [1.165, 1.54) is 23.8 Å². The number of anilines is 1. The van der Waals surface area contributed by atoms with Gasteiger partial charge in [0, 0.05) is 4.47 Å². The van der Waals surface area contributed by atoms with Crippen LogP contribution in [0.3, 0.4) is 0 Å². The quantitative estimate of drug-likeness (QED) is 0.863. The molecule has 0 heterocycles. The predicted molar refractivity (Wildman–Crippen MR) is 82.2 cm³/mol. The van der Waals surface area contributed by atoms with Crippen molar-refractivity contribution in [1.29, 1.82) is 0 Å². The summed E-state index contributed by atoms with van der Waals surface area (Å²) in [6.07, 6.45) is 1.79. The summed E-state index contributed by atoms with van der Waals surface area (Å²) in [5.41, 5.74) is 2.68. The summed E-state index contributed by atoms with van der Waals surface area (Å²) in [5.74, 6) is -1.50. The monoisotopic (exact) mass is 349 g/mol. The van der Waals surface area contributed by atoms with E-state index in [1.807, 2.05) is 12.1 Å². The molecule has 2 aromatic rings. The fourth-order valence-corrected chi connectivity index (χ4v) is 3.10. The number of aryl methyl sites for hydroxylation is 1. The van der Waals surface area contributed by atoms with Gasteiger partial charge in [-0.15, -0.1) is 0 Å². The summed E-state index contributed by atoms with van der Waals surface area (Å²) in [4.78, 5) is 11.0. The molecule has 1 aliphatic rings.